The highest BCUT2D eigenvalue weighted by molar-refractivity contribution is 6.09. The molecule has 2 rings (SSSR count). The molecule has 0 aliphatic carbocycles. The molecule has 1 aliphatic heterocycles. The van der Waals surface area contributed by atoms with Crippen LogP contribution in [0.3, 0.4) is 0 Å². The third-order valence-electron chi connectivity index (χ3n) is 3.50. The Morgan fingerprint density at radius 3 is 2.35 bits per heavy atom. The third kappa shape index (κ3) is 1.85. The van der Waals surface area contributed by atoms with E-state index in [4.69, 9.17) is 5.73 Å². The summed E-state index contributed by atoms with van der Waals surface area (Å²) in [5, 5.41) is 2.38. The molecule has 0 aromatic heterocycles. The molecule has 1 aromatic rings. The van der Waals surface area contributed by atoms with Crippen molar-refractivity contribution in [1.82, 2.24) is 5.32 Å². The van der Waals surface area contributed by atoms with E-state index in [9.17, 15) is 9.59 Å². The first-order chi connectivity index (χ1) is 8.12. The lowest BCUT2D eigenvalue weighted by molar-refractivity contribution is -0.126. The number of benzene rings is 1. The number of nitrogens with one attached hydrogen (secondary N) is 1. The van der Waals surface area contributed by atoms with Gasteiger partial charge in [0.1, 0.15) is 0 Å². The average Bonchev–Trinajstić information content (AvgIpc) is 2.65. The van der Waals surface area contributed by atoms with Gasteiger partial charge in [0.15, 0.2) is 0 Å². The van der Waals surface area contributed by atoms with E-state index >= 15 is 0 Å². The van der Waals surface area contributed by atoms with E-state index in [1.807, 2.05) is 31.2 Å². The van der Waals surface area contributed by atoms with E-state index in [1.165, 1.54) is 0 Å². The van der Waals surface area contributed by atoms with Crippen LogP contribution in [0, 0.1) is 0 Å². The molecular weight excluding hydrogens is 216 g/mol. The maximum Gasteiger partial charge on any atom is 0.237 e. The molecule has 2 amide bonds. The number of nitrogens with two attached hydrogens (primary N) is 1. The zero-order valence-electron chi connectivity index (χ0n) is 9.82. The number of amides is 2. The summed E-state index contributed by atoms with van der Waals surface area (Å²) < 4.78 is 0. The summed E-state index contributed by atoms with van der Waals surface area (Å²) in [7, 11) is 0. The van der Waals surface area contributed by atoms with Crippen LogP contribution >= 0.6 is 0 Å². The van der Waals surface area contributed by atoms with Gasteiger partial charge in [-0.3, -0.25) is 14.9 Å². The molecule has 3 N–H and O–H groups in total. The molecule has 90 valence electrons. The number of hydrogen-bond donors (Lipinski definition) is 2. The monoisotopic (exact) mass is 232 g/mol. The minimum Gasteiger partial charge on any atom is -0.326 e. The van der Waals surface area contributed by atoms with E-state index in [-0.39, 0.29) is 18.2 Å². The minimum atomic E-state index is -0.690. The molecule has 0 saturated carbocycles. The Hall–Kier alpha value is -1.68. The second-order valence-corrected chi connectivity index (χ2v) is 4.39. The van der Waals surface area contributed by atoms with E-state index in [2.05, 4.69) is 5.32 Å². The lowest BCUT2D eigenvalue weighted by Crippen LogP contribution is -2.35. The van der Waals surface area contributed by atoms with Crippen molar-refractivity contribution in [2.75, 3.05) is 0 Å². The van der Waals surface area contributed by atoms with Crippen LogP contribution in [-0.2, 0) is 21.5 Å². The van der Waals surface area contributed by atoms with Gasteiger partial charge in [-0.2, -0.15) is 0 Å². The SMILES string of the molecule is CCC1(c2ccc(CN)cc2)CC(=O)NC1=O. The van der Waals surface area contributed by atoms with Crippen LogP contribution in [0.25, 0.3) is 0 Å². The van der Waals surface area contributed by atoms with E-state index in [1.54, 1.807) is 0 Å². The number of carbonyl (C=O) groups excluding carboxylic acids is 2. The predicted molar refractivity (Wildman–Crippen MR) is 64.1 cm³/mol. The van der Waals surface area contributed by atoms with Crippen LogP contribution in [0.2, 0.25) is 0 Å². The molecule has 0 bridgehead atoms. The quantitative estimate of drug-likeness (QED) is 0.758. The van der Waals surface area contributed by atoms with Crippen LogP contribution in [0.15, 0.2) is 24.3 Å². The maximum atomic E-state index is 11.9. The third-order valence-corrected chi connectivity index (χ3v) is 3.50. The summed E-state index contributed by atoms with van der Waals surface area (Å²) in [6.07, 6.45) is 0.858. The van der Waals surface area contributed by atoms with Gasteiger partial charge in [0.2, 0.25) is 11.8 Å². The molecule has 1 saturated heterocycles. The van der Waals surface area contributed by atoms with E-state index in [0.29, 0.717) is 13.0 Å². The van der Waals surface area contributed by atoms with Crippen molar-refractivity contribution in [3.63, 3.8) is 0 Å². The maximum absolute atomic E-state index is 11.9. The molecule has 17 heavy (non-hydrogen) atoms. The fraction of sp³-hybridized carbons (Fsp3) is 0.385. The smallest absolute Gasteiger partial charge is 0.237 e. The summed E-state index contributed by atoms with van der Waals surface area (Å²) in [6.45, 7) is 2.40. The first kappa shape index (κ1) is 11.8. The highest BCUT2D eigenvalue weighted by Gasteiger charge is 2.46. The van der Waals surface area contributed by atoms with Gasteiger partial charge in [0.05, 0.1) is 5.41 Å². The normalized spacial score (nSPS) is 23.9. The molecule has 1 heterocycles. The highest BCUT2D eigenvalue weighted by atomic mass is 16.2. The van der Waals surface area contributed by atoms with Crippen LogP contribution in [0.4, 0.5) is 0 Å². The second-order valence-electron chi connectivity index (χ2n) is 4.39. The molecule has 1 aromatic carbocycles. The lowest BCUT2D eigenvalue weighted by Gasteiger charge is -2.24. The summed E-state index contributed by atoms with van der Waals surface area (Å²) in [4.78, 5) is 23.3. The van der Waals surface area contributed by atoms with Gasteiger partial charge in [-0.25, -0.2) is 0 Å². The highest BCUT2D eigenvalue weighted by Crippen LogP contribution is 2.35. The average molecular weight is 232 g/mol. The molecule has 0 radical (unpaired) electrons. The van der Waals surface area contributed by atoms with Crippen molar-refractivity contribution in [2.45, 2.75) is 31.7 Å². The first-order valence-electron chi connectivity index (χ1n) is 5.76. The largest absolute Gasteiger partial charge is 0.326 e. The zero-order valence-corrected chi connectivity index (χ0v) is 9.82. The fourth-order valence-electron chi connectivity index (χ4n) is 2.33. The minimum absolute atomic E-state index is 0.189. The molecule has 4 heteroatoms. The lowest BCUT2D eigenvalue weighted by atomic mass is 9.76. The number of carbonyl (C=O) groups is 2. The van der Waals surface area contributed by atoms with Crippen LogP contribution in [0.1, 0.15) is 30.9 Å². The molecule has 1 fully saturated rings. The van der Waals surface area contributed by atoms with Crippen molar-refractivity contribution < 1.29 is 9.59 Å². The van der Waals surface area contributed by atoms with Gasteiger partial charge in [0.25, 0.3) is 0 Å². The second kappa shape index (κ2) is 4.30. The van der Waals surface area contributed by atoms with Gasteiger partial charge in [-0.15, -0.1) is 0 Å². The summed E-state index contributed by atoms with van der Waals surface area (Å²) in [6, 6.07) is 7.60. The number of hydrogen-bond acceptors (Lipinski definition) is 3. The molecule has 0 spiro atoms. The number of rotatable bonds is 3. The Labute approximate surface area is 100 Å². The van der Waals surface area contributed by atoms with Crippen molar-refractivity contribution >= 4 is 11.8 Å². The molecule has 1 atom stereocenters. The Bertz CT molecular complexity index is 453. The van der Waals surface area contributed by atoms with Gasteiger partial charge < -0.3 is 5.73 Å². The first-order valence-corrected chi connectivity index (χ1v) is 5.76. The Balaban J connectivity index is 2.41. The van der Waals surface area contributed by atoms with Crippen LogP contribution < -0.4 is 11.1 Å². The molecule has 4 nitrogen and oxygen atoms in total. The standard InChI is InChI=1S/C13H16N2O2/c1-2-13(7-11(16)15-12(13)17)10-5-3-9(8-14)4-6-10/h3-6H,2,7-8,14H2,1H3,(H,15,16,17). The van der Waals surface area contributed by atoms with Gasteiger partial charge in [0, 0.05) is 13.0 Å². The van der Waals surface area contributed by atoms with Gasteiger partial charge in [-0.1, -0.05) is 31.2 Å². The number of imide groups is 1. The van der Waals surface area contributed by atoms with Crippen LogP contribution in [0.5, 0.6) is 0 Å². The summed E-state index contributed by atoms with van der Waals surface area (Å²) in [5.74, 6) is -0.384. The topological polar surface area (TPSA) is 72.2 Å². The Kier molecular flexibility index (Phi) is 2.98. The summed E-state index contributed by atoms with van der Waals surface area (Å²) in [5.41, 5.74) is 6.75. The Morgan fingerprint density at radius 1 is 1.29 bits per heavy atom. The van der Waals surface area contributed by atoms with Gasteiger partial charge in [-0.05, 0) is 17.5 Å². The molecular formula is C13H16N2O2. The Morgan fingerprint density at radius 2 is 1.94 bits per heavy atom. The van der Waals surface area contributed by atoms with E-state index in [0.717, 1.165) is 11.1 Å². The van der Waals surface area contributed by atoms with Crippen molar-refractivity contribution in [1.29, 1.82) is 0 Å². The van der Waals surface area contributed by atoms with Crippen molar-refractivity contribution in [3.05, 3.63) is 35.4 Å². The molecule has 1 unspecified atom stereocenters. The van der Waals surface area contributed by atoms with Gasteiger partial charge >= 0.3 is 0 Å². The zero-order chi connectivity index (χ0) is 12.5. The predicted octanol–water partition coefficient (Wildman–Crippen LogP) is 0.840. The van der Waals surface area contributed by atoms with Crippen molar-refractivity contribution in [2.24, 2.45) is 5.73 Å². The fourth-order valence-corrected chi connectivity index (χ4v) is 2.33. The van der Waals surface area contributed by atoms with Crippen molar-refractivity contribution in [3.8, 4) is 0 Å². The van der Waals surface area contributed by atoms with Crippen LogP contribution in [-0.4, -0.2) is 11.8 Å². The summed E-state index contributed by atoms with van der Waals surface area (Å²) >= 11 is 0. The van der Waals surface area contributed by atoms with E-state index < -0.39 is 5.41 Å². The molecule has 1 aliphatic rings.